The van der Waals surface area contributed by atoms with Gasteiger partial charge >= 0.3 is 11.7 Å². The van der Waals surface area contributed by atoms with Crippen LogP contribution in [-0.2, 0) is 4.74 Å². The molecule has 0 saturated carbocycles. The number of halogens is 1. The molecule has 102 valence electrons. The molecular weight excluding hydrogens is 251 g/mol. The first-order valence-electron chi connectivity index (χ1n) is 5.91. The van der Waals surface area contributed by atoms with Crippen LogP contribution >= 0.6 is 0 Å². The molecule has 1 aromatic rings. The fourth-order valence-electron chi connectivity index (χ4n) is 2.18. The molecule has 6 heteroatoms. The summed E-state index contributed by atoms with van der Waals surface area (Å²) in [5.74, 6) is -1.11. The van der Waals surface area contributed by atoms with E-state index in [1.54, 1.807) is 13.8 Å². The lowest BCUT2D eigenvalue weighted by molar-refractivity contribution is -0.637. The van der Waals surface area contributed by atoms with Crippen molar-refractivity contribution in [3.8, 4) is 0 Å². The fraction of sp³-hybridized carbons (Fsp3) is 0.462. The van der Waals surface area contributed by atoms with Gasteiger partial charge in [0.15, 0.2) is 0 Å². The van der Waals surface area contributed by atoms with E-state index < -0.39 is 23.1 Å². The number of azo groups is 1. The third-order valence-corrected chi connectivity index (χ3v) is 2.92. The third kappa shape index (κ3) is 2.72. The lowest BCUT2D eigenvalue weighted by atomic mass is 9.97. The number of esters is 1. The lowest BCUT2D eigenvalue weighted by Gasteiger charge is -2.21. The largest absolute Gasteiger partial charge is 0.597 e. The second-order valence-corrected chi connectivity index (χ2v) is 5.43. The maximum absolute atomic E-state index is 12.8. The van der Waals surface area contributed by atoms with Crippen LogP contribution in [0.2, 0.25) is 0 Å². The number of benzene rings is 1. The Morgan fingerprint density at radius 1 is 1.37 bits per heavy atom. The van der Waals surface area contributed by atoms with E-state index >= 15 is 0 Å². The number of carbonyl (C=O) groups is 1. The Hall–Kier alpha value is -1.98. The minimum Gasteiger partial charge on any atom is -0.597 e. The van der Waals surface area contributed by atoms with Crippen molar-refractivity contribution in [2.75, 3.05) is 0 Å². The zero-order valence-electron chi connectivity index (χ0n) is 11.0. The van der Waals surface area contributed by atoms with Crippen molar-refractivity contribution in [2.45, 2.75) is 38.5 Å². The molecule has 0 N–H and O–H groups in total. The Bertz CT molecular complexity index is 539. The standard InChI is InChI=1S/C13H15FN2O3/c1-12(2)8-13(3,16(18)15-12)19-11(17)9-4-6-10(14)7-5-9/h4-7H,8H2,1-3H3. The molecule has 0 radical (unpaired) electrons. The highest BCUT2D eigenvalue weighted by atomic mass is 19.1. The Morgan fingerprint density at radius 2 is 1.95 bits per heavy atom. The van der Waals surface area contributed by atoms with Crippen LogP contribution in [0, 0.1) is 11.0 Å². The topological polar surface area (TPSA) is 64.7 Å². The van der Waals surface area contributed by atoms with Crippen LogP contribution in [0.15, 0.2) is 29.4 Å². The molecule has 19 heavy (non-hydrogen) atoms. The summed E-state index contributed by atoms with van der Waals surface area (Å²) in [5.41, 5.74) is -1.70. The van der Waals surface area contributed by atoms with Crippen LogP contribution in [0.3, 0.4) is 0 Å². The van der Waals surface area contributed by atoms with Gasteiger partial charge in [-0.3, -0.25) is 0 Å². The maximum atomic E-state index is 12.8. The fourth-order valence-corrected chi connectivity index (χ4v) is 2.18. The van der Waals surface area contributed by atoms with E-state index in [0.717, 1.165) is 12.1 Å². The Morgan fingerprint density at radius 3 is 2.42 bits per heavy atom. The molecule has 0 aromatic heterocycles. The summed E-state index contributed by atoms with van der Waals surface area (Å²) in [6.45, 7) is 5.09. The number of rotatable bonds is 2. The summed E-state index contributed by atoms with van der Waals surface area (Å²) < 4.78 is 18.0. The molecule has 0 aliphatic carbocycles. The number of carbonyl (C=O) groups excluding carboxylic acids is 1. The van der Waals surface area contributed by atoms with Gasteiger partial charge in [0, 0.05) is 6.92 Å². The van der Waals surface area contributed by atoms with Gasteiger partial charge in [0.25, 0.3) is 0 Å². The van der Waals surface area contributed by atoms with Gasteiger partial charge in [-0.2, -0.15) is 0 Å². The number of ether oxygens (including phenoxy) is 1. The Labute approximate surface area is 110 Å². The molecular formula is C13H15FN2O3. The van der Waals surface area contributed by atoms with Crippen molar-refractivity contribution < 1.29 is 18.8 Å². The summed E-state index contributed by atoms with van der Waals surface area (Å²) in [6, 6.07) is 4.95. The van der Waals surface area contributed by atoms with Gasteiger partial charge in [-0.05, 0) is 43.2 Å². The van der Waals surface area contributed by atoms with Crippen LogP contribution in [0.25, 0.3) is 0 Å². The summed E-state index contributed by atoms with van der Waals surface area (Å²) in [6.07, 6.45) is 0.302. The minimum absolute atomic E-state index is 0.195. The second kappa shape index (κ2) is 4.29. The Kier molecular flexibility index (Phi) is 3.04. The van der Waals surface area contributed by atoms with Crippen LogP contribution < -0.4 is 0 Å². The van der Waals surface area contributed by atoms with E-state index in [9.17, 15) is 14.4 Å². The summed E-state index contributed by atoms with van der Waals surface area (Å²) in [7, 11) is 0. The normalized spacial score (nSPS) is 24.9. The first kappa shape index (κ1) is 13.5. The predicted molar refractivity (Wildman–Crippen MR) is 65.0 cm³/mol. The minimum atomic E-state index is -1.32. The molecule has 0 amide bonds. The summed E-state index contributed by atoms with van der Waals surface area (Å²) in [4.78, 5) is 12.3. The molecule has 1 heterocycles. The van der Waals surface area contributed by atoms with Crippen molar-refractivity contribution in [1.29, 1.82) is 0 Å². The van der Waals surface area contributed by atoms with Gasteiger partial charge in [0.05, 0.1) is 12.0 Å². The second-order valence-electron chi connectivity index (χ2n) is 5.43. The highest BCUT2D eigenvalue weighted by Crippen LogP contribution is 2.35. The van der Waals surface area contributed by atoms with Crippen molar-refractivity contribution in [1.82, 2.24) is 0 Å². The molecule has 1 atom stereocenters. The first-order chi connectivity index (χ1) is 8.72. The Balaban J connectivity index is 2.16. The zero-order chi connectivity index (χ0) is 14.3. The van der Waals surface area contributed by atoms with Gasteiger partial charge in [0.2, 0.25) is 0 Å². The van der Waals surface area contributed by atoms with E-state index in [2.05, 4.69) is 5.11 Å². The van der Waals surface area contributed by atoms with E-state index in [-0.39, 0.29) is 5.56 Å². The van der Waals surface area contributed by atoms with E-state index in [1.807, 2.05) is 0 Å². The van der Waals surface area contributed by atoms with Gasteiger partial charge < -0.3 is 9.94 Å². The van der Waals surface area contributed by atoms with Gasteiger partial charge in [-0.1, -0.05) is 4.86 Å². The quantitative estimate of drug-likeness (QED) is 0.469. The van der Waals surface area contributed by atoms with Crippen LogP contribution in [0.5, 0.6) is 0 Å². The molecule has 0 bridgehead atoms. The molecule has 1 unspecified atom stereocenters. The molecule has 5 nitrogen and oxygen atoms in total. The molecule has 0 spiro atoms. The first-order valence-corrected chi connectivity index (χ1v) is 5.91. The van der Waals surface area contributed by atoms with Gasteiger partial charge in [0.1, 0.15) is 11.4 Å². The molecule has 0 fully saturated rings. The van der Waals surface area contributed by atoms with Crippen LogP contribution in [0.4, 0.5) is 4.39 Å². The van der Waals surface area contributed by atoms with Gasteiger partial charge in [-0.25, -0.2) is 9.18 Å². The molecule has 1 aromatic carbocycles. The molecule has 1 aliphatic heterocycles. The number of hydroxylamine groups is 1. The smallest absolute Gasteiger partial charge is 0.343 e. The highest BCUT2D eigenvalue weighted by molar-refractivity contribution is 5.89. The SMILES string of the molecule is CC1(C)CC(C)(OC(=O)c2ccc(F)cc2)[N+]([O-])=N1. The molecule has 1 aliphatic rings. The zero-order valence-corrected chi connectivity index (χ0v) is 11.0. The summed E-state index contributed by atoms with van der Waals surface area (Å²) in [5, 5.41) is 15.6. The number of nitrogens with zero attached hydrogens (tertiary/aromatic N) is 2. The van der Waals surface area contributed by atoms with E-state index in [0.29, 0.717) is 11.3 Å². The highest BCUT2D eigenvalue weighted by Gasteiger charge is 2.52. The van der Waals surface area contributed by atoms with Crippen molar-refractivity contribution in [2.24, 2.45) is 5.11 Å². The van der Waals surface area contributed by atoms with Crippen LogP contribution in [0.1, 0.15) is 37.6 Å². The van der Waals surface area contributed by atoms with Crippen LogP contribution in [-0.4, -0.2) is 22.1 Å². The maximum Gasteiger partial charge on any atom is 0.343 e. The van der Waals surface area contributed by atoms with E-state index in [4.69, 9.17) is 4.74 Å². The molecule has 2 rings (SSSR count). The van der Waals surface area contributed by atoms with Crippen molar-refractivity contribution in [3.05, 3.63) is 40.9 Å². The monoisotopic (exact) mass is 266 g/mol. The van der Waals surface area contributed by atoms with Gasteiger partial charge in [-0.15, -0.1) is 0 Å². The number of hydrogen-bond acceptors (Lipinski definition) is 4. The number of hydrogen-bond donors (Lipinski definition) is 0. The predicted octanol–water partition coefficient (Wildman–Crippen LogP) is 2.84. The third-order valence-electron chi connectivity index (χ3n) is 2.92. The van der Waals surface area contributed by atoms with Crippen molar-refractivity contribution >= 4 is 5.97 Å². The average Bonchev–Trinajstić information content (AvgIpc) is 2.47. The average molecular weight is 266 g/mol. The van der Waals surface area contributed by atoms with Crippen molar-refractivity contribution in [3.63, 3.8) is 0 Å². The van der Waals surface area contributed by atoms with E-state index in [1.165, 1.54) is 19.1 Å². The lowest BCUT2D eigenvalue weighted by Crippen LogP contribution is -2.39. The summed E-state index contributed by atoms with van der Waals surface area (Å²) >= 11 is 0. The molecule has 0 saturated heterocycles.